The van der Waals surface area contributed by atoms with Crippen LogP contribution in [0.3, 0.4) is 0 Å². The van der Waals surface area contributed by atoms with Crippen molar-refractivity contribution in [2.45, 2.75) is 89.8 Å². The Bertz CT molecular complexity index is 1030. The van der Waals surface area contributed by atoms with Crippen LogP contribution in [0.5, 0.6) is 0 Å². The summed E-state index contributed by atoms with van der Waals surface area (Å²) < 4.78 is 18.5. The van der Waals surface area contributed by atoms with Crippen molar-refractivity contribution in [1.29, 1.82) is 0 Å². The van der Waals surface area contributed by atoms with Crippen LogP contribution >= 0.6 is 0 Å². The molecule has 2 aliphatic rings. The van der Waals surface area contributed by atoms with Crippen molar-refractivity contribution in [2.75, 3.05) is 6.54 Å². The fourth-order valence-corrected chi connectivity index (χ4v) is 4.98. The molecular weight excluding hydrogens is 441 g/mol. The summed E-state index contributed by atoms with van der Waals surface area (Å²) in [5.74, 6) is 0. The van der Waals surface area contributed by atoms with E-state index in [1.54, 1.807) is 18.7 Å². The maximum Gasteiger partial charge on any atom is 0.494 e. The summed E-state index contributed by atoms with van der Waals surface area (Å²) in [6.07, 6.45) is 0.566. The van der Waals surface area contributed by atoms with Crippen LogP contribution in [0.1, 0.15) is 78.5 Å². The smallest absolute Gasteiger partial charge is 0.438 e. The fourth-order valence-electron chi connectivity index (χ4n) is 4.98. The molecule has 2 aromatic carbocycles. The second-order valence-electron chi connectivity index (χ2n) is 11.6. The van der Waals surface area contributed by atoms with Gasteiger partial charge in [0.15, 0.2) is 0 Å². The van der Waals surface area contributed by atoms with Gasteiger partial charge in [-0.25, -0.2) is 4.79 Å². The Kier molecular flexibility index (Phi) is 6.58. The lowest BCUT2D eigenvalue weighted by Gasteiger charge is -2.45. The standard InChI is InChI=1S/C28H38BNO5/c1-20(21-13-15-23(16-14-21)29-34-26(4,5)27(6,7)35-29)30-18-17-28(33-24(30)31,19-25(2,3)32)22-11-9-8-10-12-22/h8-16,20,32H,17-19H2,1-7H3/t20?,28-/m0/s1. The normalized spacial score (nSPS) is 24.9. The van der Waals surface area contributed by atoms with Crippen molar-refractivity contribution in [1.82, 2.24) is 4.90 Å². The Labute approximate surface area is 209 Å². The van der Waals surface area contributed by atoms with Crippen LogP contribution in [-0.2, 0) is 19.6 Å². The number of hydrogen-bond donors (Lipinski definition) is 1. The minimum atomic E-state index is -0.979. The van der Waals surface area contributed by atoms with Crippen LogP contribution in [0, 0.1) is 0 Å². The van der Waals surface area contributed by atoms with Gasteiger partial charge in [-0.3, -0.25) is 0 Å². The SMILES string of the molecule is CC(c1ccc(B2OC(C)(C)C(C)(C)O2)cc1)N1CC[C@](CC(C)(C)O)(c2ccccc2)OC1=O. The third-order valence-corrected chi connectivity index (χ3v) is 7.70. The van der Waals surface area contributed by atoms with E-state index in [1.807, 2.05) is 89.2 Å². The van der Waals surface area contributed by atoms with E-state index in [0.29, 0.717) is 19.4 Å². The molecule has 7 heteroatoms. The van der Waals surface area contributed by atoms with Crippen molar-refractivity contribution < 1.29 is 23.9 Å². The molecule has 188 valence electrons. The predicted octanol–water partition coefficient (Wildman–Crippen LogP) is 4.95. The Morgan fingerprint density at radius 1 is 1.00 bits per heavy atom. The van der Waals surface area contributed by atoms with Crippen molar-refractivity contribution in [2.24, 2.45) is 0 Å². The molecule has 2 heterocycles. The molecule has 4 rings (SSSR count). The highest BCUT2D eigenvalue weighted by Crippen LogP contribution is 2.42. The molecule has 0 aromatic heterocycles. The molecule has 1 unspecified atom stereocenters. The maximum atomic E-state index is 13.3. The number of benzene rings is 2. The van der Waals surface area contributed by atoms with Gasteiger partial charge in [-0.1, -0.05) is 54.6 Å². The van der Waals surface area contributed by atoms with Gasteiger partial charge in [-0.05, 0) is 65.1 Å². The second kappa shape index (κ2) is 8.95. The lowest BCUT2D eigenvalue weighted by molar-refractivity contribution is -0.101. The van der Waals surface area contributed by atoms with E-state index in [4.69, 9.17) is 14.0 Å². The van der Waals surface area contributed by atoms with Crippen LogP contribution in [-0.4, -0.2) is 46.6 Å². The average molecular weight is 479 g/mol. The van der Waals surface area contributed by atoms with Gasteiger partial charge in [0.25, 0.3) is 0 Å². The zero-order chi connectivity index (χ0) is 25.6. The number of hydrogen-bond acceptors (Lipinski definition) is 5. The number of nitrogens with zero attached hydrogens (tertiary/aromatic N) is 1. The molecule has 2 atom stereocenters. The van der Waals surface area contributed by atoms with Crippen LogP contribution in [0.2, 0.25) is 0 Å². The van der Waals surface area contributed by atoms with Crippen LogP contribution < -0.4 is 5.46 Å². The average Bonchev–Trinajstić information content (AvgIpc) is 3.00. The Morgan fingerprint density at radius 2 is 1.57 bits per heavy atom. The number of carbonyl (C=O) groups is 1. The Morgan fingerprint density at radius 3 is 2.09 bits per heavy atom. The number of cyclic esters (lactones) is 1. The summed E-state index contributed by atoms with van der Waals surface area (Å²) in [6.45, 7) is 14.2. The minimum Gasteiger partial charge on any atom is -0.438 e. The summed E-state index contributed by atoms with van der Waals surface area (Å²) in [5.41, 5.74) is 0.256. The molecular formula is C28H38BNO5. The molecule has 2 saturated heterocycles. The molecule has 35 heavy (non-hydrogen) atoms. The lowest BCUT2D eigenvalue weighted by Crippen LogP contribution is -2.51. The van der Waals surface area contributed by atoms with E-state index in [-0.39, 0.29) is 12.1 Å². The number of amides is 1. The molecule has 0 radical (unpaired) electrons. The quantitative estimate of drug-likeness (QED) is 0.595. The van der Waals surface area contributed by atoms with Gasteiger partial charge in [0.1, 0.15) is 5.60 Å². The summed E-state index contributed by atoms with van der Waals surface area (Å²) in [5, 5.41) is 10.6. The third-order valence-electron chi connectivity index (χ3n) is 7.70. The number of ether oxygens (including phenoxy) is 1. The topological polar surface area (TPSA) is 68.2 Å². The van der Waals surface area contributed by atoms with Gasteiger partial charge in [0.05, 0.1) is 22.8 Å². The first-order chi connectivity index (χ1) is 16.2. The summed E-state index contributed by atoms with van der Waals surface area (Å²) in [7, 11) is -0.419. The highest BCUT2D eigenvalue weighted by Gasteiger charge is 2.52. The van der Waals surface area contributed by atoms with E-state index < -0.39 is 29.5 Å². The van der Waals surface area contributed by atoms with E-state index in [2.05, 4.69) is 0 Å². The highest BCUT2D eigenvalue weighted by atomic mass is 16.7. The highest BCUT2D eigenvalue weighted by molar-refractivity contribution is 6.62. The van der Waals surface area contributed by atoms with Gasteiger partial charge >= 0.3 is 13.2 Å². The molecule has 0 aliphatic carbocycles. The minimum absolute atomic E-state index is 0.161. The zero-order valence-corrected chi connectivity index (χ0v) is 22.0. The first-order valence-corrected chi connectivity index (χ1v) is 12.5. The van der Waals surface area contributed by atoms with Crippen LogP contribution in [0.25, 0.3) is 0 Å². The molecule has 1 N–H and O–H groups in total. The monoisotopic (exact) mass is 479 g/mol. The van der Waals surface area contributed by atoms with Crippen LogP contribution in [0.15, 0.2) is 54.6 Å². The summed E-state index contributed by atoms with van der Waals surface area (Å²) in [4.78, 5) is 15.0. The molecule has 6 nitrogen and oxygen atoms in total. The molecule has 2 fully saturated rings. The van der Waals surface area contributed by atoms with Crippen molar-refractivity contribution in [3.8, 4) is 0 Å². The van der Waals surface area contributed by atoms with Gasteiger partial charge in [0.2, 0.25) is 0 Å². The largest absolute Gasteiger partial charge is 0.494 e. The van der Waals surface area contributed by atoms with Gasteiger partial charge < -0.3 is 24.1 Å². The van der Waals surface area contributed by atoms with E-state index in [9.17, 15) is 9.90 Å². The van der Waals surface area contributed by atoms with Crippen molar-refractivity contribution >= 4 is 18.7 Å². The summed E-state index contributed by atoms with van der Waals surface area (Å²) >= 11 is 0. The molecule has 0 saturated carbocycles. The van der Waals surface area contributed by atoms with E-state index in [1.165, 1.54) is 0 Å². The second-order valence-corrected chi connectivity index (χ2v) is 11.6. The maximum absolute atomic E-state index is 13.3. The number of rotatable bonds is 6. The van der Waals surface area contributed by atoms with Gasteiger partial charge in [-0.15, -0.1) is 0 Å². The number of carbonyl (C=O) groups excluding carboxylic acids is 1. The lowest BCUT2D eigenvalue weighted by atomic mass is 9.78. The zero-order valence-electron chi connectivity index (χ0n) is 22.0. The molecule has 2 aliphatic heterocycles. The molecule has 0 spiro atoms. The Hall–Kier alpha value is -2.35. The van der Waals surface area contributed by atoms with Gasteiger partial charge in [0, 0.05) is 19.4 Å². The van der Waals surface area contributed by atoms with Crippen molar-refractivity contribution in [3.05, 3.63) is 65.7 Å². The molecule has 0 bridgehead atoms. The number of aliphatic hydroxyl groups is 1. The fraction of sp³-hybridized carbons (Fsp3) is 0.536. The third kappa shape index (κ3) is 5.13. The molecule has 1 amide bonds. The first-order valence-electron chi connectivity index (χ1n) is 12.5. The van der Waals surface area contributed by atoms with E-state index in [0.717, 1.165) is 16.6 Å². The van der Waals surface area contributed by atoms with E-state index >= 15 is 0 Å². The first kappa shape index (κ1) is 25.7. The predicted molar refractivity (Wildman–Crippen MR) is 137 cm³/mol. The molecule has 2 aromatic rings. The van der Waals surface area contributed by atoms with Crippen molar-refractivity contribution in [3.63, 3.8) is 0 Å². The summed E-state index contributed by atoms with van der Waals surface area (Å²) in [6, 6.07) is 17.6. The van der Waals surface area contributed by atoms with Crippen LogP contribution in [0.4, 0.5) is 4.79 Å². The Balaban J connectivity index is 1.49. The van der Waals surface area contributed by atoms with Gasteiger partial charge in [-0.2, -0.15) is 0 Å².